The first-order valence-electron chi connectivity index (χ1n) is 7.98. The van der Waals surface area contributed by atoms with Crippen molar-refractivity contribution in [1.82, 2.24) is 15.5 Å². The Bertz CT molecular complexity index is 524. The highest BCUT2D eigenvalue weighted by Gasteiger charge is 2.04. The molecule has 1 aromatic rings. The zero-order valence-electron chi connectivity index (χ0n) is 15.0. The number of hydrogen-bond donors (Lipinski definition) is 2. The second kappa shape index (κ2) is 13.7. The molecule has 0 saturated heterocycles. The summed E-state index contributed by atoms with van der Waals surface area (Å²) in [5, 5.41) is 6.19. The number of alkyl halides is 1. The lowest BCUT2D eigenvalue weighted by Crippen LogP contribution is -2.40. The third-order valence-electron chi connectivity index (χ3n) is 3.34. The third kappa shape index (κ3) is 10.1. The topological polar surface area (TPSA) is 66.0 Å². The molecule has 0 aliphatic heterocycles. The minimum atomic E-state index is -0.386. The zero-order valence-corrected chi connectivity index (χ0v) is 17.4. The van der Waals surface area contributed by atoms with E-state index in [-0.39, 0.29) is 43.1 Å². The lowest BCUT2D eigenvalue weighted by atomic mass is 10.1. The highest BCUT2D eigenvalue weighted by molar-refractivity contribution is 14.0. The van der Waals surface area contributed by atoms with E-state index in [1.807, 2.05) is 24.3 Å². The Hall–Kier alpha value is -1.58. The van der Waals surface area contributed by atoms with Crippen molar-refractivity contribution < 1.29 is 13.9 Å². The van der Waals surface area contributed by atoms with Gasteiger partial charge in [-0.05, 0) is 30.5 Å². The average molecular weight is 466 g/mol. The number of carbonyl (C=O) groups is 1. The number of nitrogens with one attached hydrogen (secondary N) is 2. The lowest BCUT2D eigenvalue weighted by Gasteiger charge is -2.13. The molecule has 0 unspecified atom stereocenters. The van der Waals surface area contributed by atoms with Gasteiger partial charge in [0.25, 0.3) is 0 Å². The Morgan fingerprint density at radius 2 is 1.84 bits per heavy atom. The van der Waals surface area contributed by atoms with Gasteiger partial charge in [-0.2, -0.15) is 0 Å². The number of rotatable bonds is 9. The second-order valence-corrected chi connectivity index (χ2v) is 5.45. The second-order valence-electron chi connectivity index (χ2n) is 5.45. The summed E-state index contributed by atoms with van der Waals surface area (Å²) in [5.41, 5.74) is 1.16. The number of carbonyl (C=O) groups excluding carboxylic acids is 1. The molecule has 1 rings (SSSR count). The van der Waals surface area contributed by atoms with Crippen molar-refractivity contribution in [3.8, 4) is 5.75 Å². The van der Waals surface area contributed by atoms with Crippen molar-refractivity contribution in [3.63, 3.8) is 0 Å². The van der Waals surface area contributed by atoms with Gasteiger partial charge in [0.05, 0.1) is 13.8 Å². The highest BCUT2D eigenvalue weighted by atomic mass is 127. The molecule has 0 fully saturated rings. The van der Waals surface area contributed by atoms with Crippen LogP contribution >= 0.6 is 24.0 Å². The third-order valence-corrected chi connectivity index (χ3v) is 3.34. The molecule has 0 aromatic heterocycles. The number of benzene rings is 1. The molecule has 2 N–H and O–H groups in total. The number of nitrogens with zero attached hydrogens (tertiary/aromatic N) is 2. The Balaban J connectivity index is 0.00000576. The van der Waals surface area contributed by atoms with Crippen LogP contribution in [0.2, 0.25) is 0 Å². The normalized spacial score (nSPS) is 10.6. The molecule has 0 spiro atoms. The van der Waals surface area contributed by atoms with E-state index in [2.05, 4.69) is 15.6 Å². The van der Waals surface area contributed by atoms with E-state index in [4.69, 9.17) is 4.74 Å². The molecule has 0 atom stereocenters. The first-order chi connectivity index (χ1) is 11.6. The number of guanidine groups is 1. The van der Waals surface area contributed by atoms with Gasteiger partial charge in [0, 0.05) is 27.2 Å². The summed E-state index contributed by atoms with van der Waals surface area (Å²) >= 11 is 0. The van der Waals surface area contributed by atoms with Gasteiger partial charge in [-0.25, -0.2) is 4.99 Å². The van der Waals surface area contributed by atoms with E-state index in [1.54, 1.807) is 21.2 Å². The molecule has 0 radical (unpaired) electrons. The van der Waals surface area contributed by atoms with E-state index in [9.17, 15) is 9.18 Å². The predicted molar refractivity (Wildman–Crippen MR) is 110 cm³/mol. The van der Waals surface area contributed by atoms with Crippen molar-refractivity contribution in [2.24, 2.45) is 4.99 Å². The van der Waals surface area contributed by atoms with Gasteiger partial charge < -0.3 is 20.3 Å². The molecule has 0 saturated carbocycles. The molecular formula is C17H28FIN4O2. The van der Waals surface area contributed by atoms with Crippen LogP contribution in [0.3, 0.4) is 0 Å². The SMILES string of the molecule is COc1ccc(CCNC(=NCC(=O)N(C)C)NCCCF)cc1.I. The summed E-state index contributed by atoms with van der Waals surface area (Å²) in [7, 11) is 5.01. The van der Waals surface area contributed by atoms with Crippen LogP contribution in [0.15, 0.2) is 29.3 Å². The molecule has 6 nitrogen and oxygen atoms in total. The van der Waals surface area contributed by atoms with E-state index < -0.39 is 0 Å². The van der Waals surface area contributed by atoms with Gasteiger partial charge in [-0.1, -0.05) is 12.1 Å². The molecule has 142 valence electrons. The van der Waals surface area contributed by atoms with Crippen LogP contribution in [-0.2, 0) is 11.2 Å². The van der Waals surface area contributed by atoms with Gasteiger partial charge in [-0.3, -0.25) is 9.18 Å². The molecule has 25 heavy (non-hydrogen) atoms. The number of aliphatic imine (C=N–C) groups is 1. The monoisotopic (exact) mass is 466 g/mol. The molecule has 0 bridgehead atoms. The van der Waals surface area contributed by atoms with Gasteiger partial charge >= 0.3 is 0 Å². The van der Waals surface area contributed by atoms with Gasteiger partial charge in [-0.15, -0.1) is 24.0 Å². The maximum Gasteiger partial charge on any atom is 0.243 e. The van der Waals surface area contributed by atoms with Crippen LogP contribution in [0.5, 0.6) is 5.75 Å². The zero-order chi connectivity index (χ0) is 17.8. The van der Waals surface area contributed by atoms with Crippen LogP contribution in [0.25, 0.3) is 0 Å². The fraction of sp³-hybridized carbons (Fsp3) is 0.529. The summed E-state index contributed by atoms with van der Waals surface area (Å²) in [6, 6.07) is 7.84. The van der Waals surface area contributed by atoms with Gasteiger partial charge in [0.15, 0.2) is 5.96 Å². The van der Waals surface area contributed by atoms with Crippen LogP contribution < -0.4 is 15.4 Å². The molecule has 1 amide bonds. The Morgan fingerprint density at radius 3 is 2.40 bits per heavy atom. The molecule has 0 aliphatic carbocycles. The number of amides is 1. The van der Waals surface area contributed by atoms with Crippen LogP contribution in [0.1, 0.15) is 12.0 Å². The average Bonchev–Trinajstić information content (AvgIpc) is 2.59. The largest absolute Gasteiger partial charge is 0.497 e. The van der Waals surface area contributed by atoms with Crippen LogP contribution in [0, 0.1) is 0 Å². The van der Waals surface area contributed by atoms with Gasteiger partial charge in [0.2, 0.25) is 5.91 Å². The number of likely N-dealkylation sites (N-methyl/N-ethyl adjacent to an activating group) is 1. The maximum atomic E-state index is 12.2. The molecule has 0 aliphatic rings. The van der Waals surface area contributed by atoms with Crippen molar-refractivity contribution in [3.05, 3.63) is 29.8 Å². The fourth-order valence-electron chi connectivity index (χ4n) is 1.85. The van der Waals surface area contributed by atoms with Crippen molar-refractivity contribution in [1.29, 1.82) is 0 Å². The van der Waals surface area contributed by atoms with Crippen molar-refractivity contribution >= 4 is 35.8 Å². The van der Waals surface area contributed by atoms with Crippen LogP contribution in [-0.4, -0.2) is 64.3 Å². The van der Waals surface area contributed by atoms with Gasteiger partial charge in [0.1, 0.15) is 12.3 Å². The van der Waals surface area contributed by atoms with E-state index in [0.29, 0.717) is 25.5 Å². The molecule has 0 heterocycles. The quantitative estimate of drug-likeness (QED) is 0.252. The summed E-state index contributed by atoms with van der Waals surface area (Å²) in [4.78, 5) is 17.3. The number of halogens is 2. The van der Waals surface area contributed by atoms with E-state index in [0.717, 1.165) is 17.7 Å². The van der Waals surface area contributed by atoms with Crippen LogP contribution in [0.4, 0.5) is 4.39 Å². The molecular weight excluding hydrogens is 438 g/mol. The Labute approximate surface area is 166 Å². The first-order valence-corrected chi connectivity index (χ1v) is 7.98. The Kier molecular flexibility index (Phi) is 12.8. The summed E-state index contributed by atoms with van der Waals surface area (Å²) in [6.07, 6.45) is 1.20. The molecule has 1 aromatic carbocycles. The summed E-state index contributed by atoms with van der Waals surface area (Å²) in [5.74, 6) is 1.26. The first kappa shape index (κ1) is 23.4. The lowest BCUT2D eigenvalue weighted by molar-refractivity contribution is -0.127. The number of hydrogen-bond acceptors (Lipinski definition) is 3. The van der Waals surface area contributed by atoms with Crippen molar-refractivity contribution in [2.45, 2.75) is 12.8 Å². The fourth-order valence-corrected chi connectivity index (χ4v) is 1.85. The van der Waals surface area contributed by atoms with Crippen molar-refractivity contribution in [2.75, 3.05) is 47.5 Å². The Morgan fingerprint density at radius 1 is 1.20 bits per heavy atom. The van der Waals surface area contributed by atoms with E-state index in [1.165, 1.54) is 4.90 Å². The number of methoxy groups -OCH3 is 1. The number of ether oxygens (including phenoxy) is 1. The standard InChI is InChI=1S/C17H27FN4O2.HI/c1-22(2)16(23)13-21-17(19-11-4-10-18)20-12-9-14-5-7-15(24-3)8-6-14;/h5-8H,4,9-13H2,1-3H3,(H2,19,20,21);1H. The summed E-state index contributed by atoms with van der Waals surface area (Å²) < 4.78 is 17.4. The molecule has 8 heteroatoms. The summed E-state index contributed by atoms with van der Waals surface area (Å²) in [6.45, 7) is 0.800. The highest BCUT2D eigenvalue weighted by Crippen LogP contribution is 2.11. The maximum absolute atomic E-state index is 12.2. The predicted octanol–water partition coefficient (Wildman–Crippen LogP) is 1.84. The smallest absolute Gasteiger partial charge is 0.243 e. The minimum absolute atomic E-state index is 0. The van der Waals surface area contributed by atoms with E-state index >= 15 is 0 Å². The minimum Gasteiger partial charge on any atom is -0.497 e.